The molecule has 4 heteroatoms. The molecule has 0 spiro atoms. The van der Waals surface area contributed by atoms with E-state index in [2.05, 4.69) is 27.8 Å². The third-order valence-corrected chi connectivity index (χ3v) is 2.85. The van der Waals surface area contributed by atoms with Crippen molar-refractivity contribution in [3.8, 4) is 0 Å². The van der Waals surface area contributed by atoms with Gasteiger partial charge in [-0.05, 0) is 18.1 Å². The number of carboxylic acid groups (broad SMARTS) is 1. The summed E-state index contributed by atoms with van der Waals surface area (Å²) in [7, 11) is 0. The summed E-state index contributed by atoms with van der Waals surface area (Å²) < 4.78 is 0.906. The molecule has 96 valence electrons. The number of aliphatic carboxylic acids is 1. The first-order valence-corrected chi connectivity index (χ1v) is 6.41. The number of hydrogen-bond donors (Lipinski definition) is 2. The SMILES string of the molecule is C=CC[C@@H](NC/C(Br)=C/c1ccccc1)C(=O)O. The van der Waals surface area contributed by atoms with Crippen molar-refractivity contribution in [3.05, 3.63) is 53.0 Å². The molecule has 2 N–H and O–H groups in total. The van der Waals surface area contributed by atoms with E-state index in [1.165, 1.54) is 0 Å². The summed E-state index contributed by atoms with van der Waals surface area (Å²) in [6, 6.07) is 9.24. The van der Waals surface area contributed by atoms with Crippen LogP contribution >= 0.6 is 15.9 Å². The zero-order valence-electron chi connectivity index (χ0n) is 9.97. The molecule has 0 aromatic heterocycles. The molecular formula is C14H16BrNO2. The molecule has 3 nitrogen and oxygen atoms in total. The zero-order chi connectivity index (χ0) is 13.4. The Bertz CT molecular complexity index is 429. The predicted octanol–water partition coefficient (Wildman–Crippen LogP) is 3.04. The molecule has 0 aliphatic heterocycles. The van der Waals surface area contributed by atoms with Gasteiger partial charge in [0.2, 0.25) is 0 Å². The van der Waals surface area contributed by atoms with Crippen molar-refractivity contribution in [1.29, 1.82) is 0 Å². The Kier molecular flexibility index (Phi) is 6.39. The van der Waals surface area contributed by atoms with Crippen LogP contribution in [0.5, 0.6) is 0 Å². The monoisotopic (exact) mass is 309 g/mol. The van der Waals surface area contributed by atoms with Gasteiger partial charge >= 0.3 is 5.97 Å². The van der Waals surface area contributed by atoms with Crippen LogP contribution < -0.4 is 5.32 Å². The van der Waals surface area contributed by atoms with Crippen molar-refractivity contribution in [2.24, 2.45) is 0 Å². The fraction of sp³-hybridized carbons (Fsp3) is 0.214. The molecule has 0 radical (unpaired) electrons. The van der Waals surface area contributed by atoms with E-state index in [-0.39, 0.29) is 0 Å². The molecule has 0 aliphatic rings. The van der Waals surface area contributed by atoms with E-state index in [1.54, 1.807) is 6.08 Å². The second-order valence-electron chi connectivity index (χ2n) is 3.80. The number of carbonyl (C=O) groups is 1. The minimum atomic E-state index is -0.866. The van der Waals surface area contributed by atoms with Crippen molar-refractivity contribution in [1.82, 2.24) is 5.32 Å². The van der Waals surface area contributed by atoms with Gasteiger partial charge in [0.15, 0.2) is 0 Å². The Labute approximate surface area is 115 Å². The maximum atomic E-state index is 10.9. The lowest BCUT2D eigenvalue weighted by Crippen LogP contribution is -2.36. The number of nitrogens with one attached hydrogen (secondary N) is 1. The van der Waals surface area contributed by atoms with Crippen molar-refractivity contribution in [2.45, 2.75) is 12.5 Å². The first kappa shape index (κ1) is 14.7. The lowest BCUT2D eigenvalue weighted by molar-refractivity contribution is -0.139. The minimum absolute atomic E-state index is 0.404. The third-order valence-electron chi connectivity index (χ3n) is 2.34. The maximum absolute atomic E-state index is 10.9. The van der Waals surface area contributed by atoms with Gasteiger partial charge < -0.3 is 5.11 Å². The van der Waals surface area contributed by atoms with Crippen molar-refractivity contribution in [2.75, 3.05) is 6.54 Å². The molecule has 18 heavy (non-hydrogen) atoms. The fourth-order valence-electron chi connectivity index (χ4n) is 1.44. The van der Waals surface area contributed by atoms with E-state index in [1.807, 2.05) is 36.4 Å². The summed E-state index contributed by atoms with van der Waals surface area (Å²) >= 11 is 3.42. The van der Waals surface area contributed by atoms with Gasteiger partial charge in [-0.2, -0.15) is 0 Å². The Hall–Kier alpha value is -1.39. The molecule has 0 aliphatic carbocycles. The lowest BCUT2D eigenvalue weighted by Gasteiger charge is -2.11. The average molecular weight is 310 g/mol. The Balaban J connectivity index is 2.54. The molecule has 1 rings (SSSR count). The Morgan fingerprint density at radius 1 is 1.44 bits per heavy atom. The molecule has 0 saturated heterocycles. The van der Waals surface area contributed by atoms with Gasteiger partial charge in [-0.3, -0.25) is 10.1 Å². The van der Waals surface area contributed by atoms with Crippen LogP contribution in [-0.4, -0.2) is 23.7 Å². The topological polar surface area (TPSA) is 49.3 Å². The second kappa shape index (κ2) is 7.84. The Morgan fingerprint density at radius 3 is 2.67 bits per heavy atom. The van der Waals surface area contributed by atoms with Gasteiger partial charge in [0.1, 0.15) is 6.04 Å². The number of halogens is 1. The molecule has 0 unspecified atom stereocenters. The molecule has 0 fully saturated rings. The van der Waals surface area contributed by atoms with E-state index >= 15 is 0 Å². The van der Waals surface area contributed by atoms with Crippen LogP contribution in [0.2, 0.25) is 0 Å². The summed E-state index contributed by atoms with van der Waals surface area (Å²) in [5.41, 5.74) is 1.07. The summed E-state index contributed by atoms with van der Waals surface area (Å²) in [4.78, 5) is 10.9. The first-order valence-electron chi connectivity index (χ1n) is 5.61. The highest BCUT2D eigenvalue weighted by Crippen LogP contribution is 2.11. The number of benzene rings is 1. The molecule has 1 atom stereocenters. The molecular weight excluding hydrogens is 294 g/mol. The molecule has 0 bridgehead atoms. The lowest BCUT2D eigenvalue weighted by atomic mass is 10.2. The van der Waals surface area contributed by atoms with Crippen molar-refractivity contribution in [3.63, 3.8) is 0 Å². The summed E-state index contributed by atoms with van der Waals surface area (Å²) in [5, 5.41) is 11.9. The highest BCUT2D eigenvalue weighted by atomic mass is 79.9. The molecule has 0 heterocycles. The normalized spacial score (nSPS) is 13.1. The molecule has 1 aromatic rings. The van der Waals surface area contributed by atoms with E-state index in [0.29, 0.717) is 13.0 Å². The fourth-order valence-corrected chi connectivity index (χ4v) is 1.87. The standard InChI is InChI=1S/C14H16BrNO2/c1-2-6-13(14(17)18)16-10-12(15)9-11-7-4-3-5-8-11/h2-5,7-9,13,16H,1,6,10H2,(H,17,18)/b12-9-/t13-/m1/s1. The maximum Gasteiger partial charge on any atom is 0.321 e. The summed E-state index contributed by atoms with van der Waals surface area (Å²) in [5.74, 6) is -0.866. The van der Waals surface area contributed by atoms with Crippen LogP contribution in [0.4, 0.5) is 0 Å². The van der Waals surface area contributed by atoms with Crippen molar-refractivity contribution >= 4 is 28.0 Å². The molecule has 0 amide bonds. The van der Waals surface area contributed by atoms with Crippen LogP contribution in [-0.2, 0) is 4.79 Å². The van der Waals surface area contributed by atoms with Crippen LogP contribution in [0.25, 0.3) is 6.08 Å². The van der Waals surface area contributed by atoms with Crippen molar-refractivity contribution < 1.29 is 9.90 Å². The van der Waals surface area contributed by atoms with Gasteiger partial charge in [-0.1, -0.05) is 52.3 Å². The highest BCUT2D eigenvalue weighted by Gasteiger charge is 2.14. The van der Waals surface area contributed by atoms with Gasteiger partial charge in [0, 0.05) is 11.0 Å². The zero-order valence-corrected chi connectivity index (χ0v) is 11.6. The number of rotatable bonds is 7. The van der Waals surface area contributed by atoms with E-state index in [4.69, 9.17) is 5.11 Å². The van der Waals surface area contributed by atoms with Crippen LogP contribution in [0.3, 0.4) is 0 Å². The average Bonchev–Trinajstić information content (AvgIpc) is 2.35. The number of hydrogen-bond acceptors (Lipinski definition) is 2. The number of carboxylic acids is 1. The smallest absolute Gasteiger partial charge is 0.321 e. The van der Waals surface area contributed by atoms with E-state index in [0.717, 1.165) is 10.0 Å². The molecule has 0 saturated carbocycles. The van der Waals surface area contributed by atoms with Gasteiger partial charge in [-0.25, -0.2) is 0 Å². The van der Waals surface area contributed by atoms with Gasteiger partial charge in [-0.15, -0.1) is 6.58 Å². The van der Waals surface area contributed by atoms with E-state index < -0.39 is 12.0 Å². The quantitative estimate of drug-likeness (QED) is 0.761. The highest BCUT2D eigenvalue weighted by molar-refractivity contribution is 9.11. The van der Waals surface area contributed by atoms with Crippen LogP contribution in [0.15, 0.2) is 47.5 Å². The van der Waals surface area contributed by atoms with E-state index in [9.17, 15) is 4.79 Å². The minimum Gasteiger partial charge on any atom is -0.480 e. The van der Waals surface area contributed by atoms with Crippen LogP contribution in [0.1, 0.15) is 12.0 Å². The predicted molar refractivity (Wildman–Crippen MR) is 77.6 cm³/mol. The second-order valence-corrected chi connectivity index (χ2v) is 4.82. The van der Waals surface area contributed by atoms with Gasteiger partial charge in [0.05, 0.1) is 0 Å². The van der Waals surface area contributed by atoms with Crippen LogP contribution in [0, 0.1) is 0 Å². The Morgan fingerprint density at radius 2 is 2.11 bits per heavy atom. The summed E-state index contributed by atoms with van der Waals surface area (Å²) in [6.07, 6.45) is 3.96. The summed E-state index contributed by atoms with van der Waals surface area (Å²) in [6.45, 7) is 4.02. The first-order chi connectivity index (χ1) is 8.63. The van der Waals surface area contributed by atoms with Gasteiger partial charge in [0.25, 0.3) is 0 Å². The largest absolute Gasteiger partial charge is 0.480 e. The third kappa shape index (κ3) is 5.29. The molecule has 1 aromatic carbocycles.